The third kappa shape index (κ3) is 4.78. The van der Waals surface area contributed by atoms with E-state index in [4.69, 9.17) is 0 Å². The van der Waals surface area contributed by atoms with Gasteiger partial charge in [-0.2, -0.15) is 0 Å². The molecule has 1 aromatic rings. The molecule has 1 aromatic carbocycles. The number of hydrogen-bond acceptors (Lipinski definition) is 2. The quantitative estimate of drug-likeness (QED) is 0.748. The summed E-state index contributed by atoms with van der Waals surface area (Å²) in [6, 6.07) is 6.78. The van der Waals surface area contributed by atoms with Crippen LogP contribution in [0.1, 0.15) is 45.4 Å². The van der Waals surface area contributed by atoms with Crippen LogP contribution in [0.4, 0.5) is 5.69 Å². The van der Waals surface area contributed by atoms with Crippen molar-refractivity contribution in [2.45, 2.75) is 45.4 Å². The minimum Gasteiger partial charge on any atom is -0.508 e. The van der Waals surface area contributed by atoms with Gasteiger partial charge in [-0.25, -0.2) is 0 Å². The maximum Gasteiger partial charge on any atom is 0.226 e. The zero-order chi connectivity index (χ0) is 13.4. The van der Waals surface area contributed by atoms with Crippen LogP contribution < -0.4 is 4.90 Å². The number of aromatic hydroxyl groups is 1. The summed E-state index contributed by atoms with van der Waals surface area (Å²) >= 11 is 0. The Balaban J connectivity index is 2.37. The van der Waals surface area contributed by atoms with E-state index in [9.17, 15) is 9.90 Å². The second-order valence-corrected chi connectivity index (χ2v) is 4.64. The number of amides is 1. The molecule has 0 aromatic heterocycles. The molecule has 0 saturated carbocycles. The van der Waals surface area contributed by atoms with Crippen molar-refractivity contribution in [2.75, 3.05) is 11.9 Å². The number of unbranched alkanes of at least 4 members (excludes halogenated alkanes) is 4. The first-order valence-electron chi connectivity index (χ1n) is 6.70. The number of benzene rings is 1. The van der Waals surface area contributed by atoms with Crippen LogP contribution in [0.5, 0.6) is 5.75 Å². The van der Waals surface area contributed by atoms with Crippen molar-refractivity contribution in [3.8, 4) is 5.75 Å². The number of phenols is 1. The first kappa shape index (κ1) is 14.6. The van der Waals surface area contributed by atoms with E-state index in [2.05, 4.69) is 6.92 Å². The van der Waals surface area contributed by atoms with E-state index in [1.165, 1.54) is 19.3 Å². The molecule has 100 valence electrons. The molecule has 1 rings (SSSR count). The van der Waals surface area contributed by atoms with E-state index in [1.807, 2.05) is 6.07 Å². The molecule has 18 heavy (non-hydrogen) atoms. The Kier molecular flexibility index (Phi) is 6.26. The average molecular weight is 249 g/mol. The highest BCUT2D eigenvalue weighted by Gasteiger charge is 2.10. The molecular weight excluding hydrogens is 226 g/mol. The van der Waals surface area contributed by atoms with Crippen molar-refractivity contribution < 1.29 is 9.90 Å². The van der Waals surface area contributed by atoms with Crippen molar-refractivity contribution in [2.24, 2.45) is 0 Å². The van der Waals surface area contributed by atoms with E-state index in [1.54, 1.807) is 30.1 Å². The molecule has 0 aliphatic heterocycles. The van der Waals surface area contributed by atoms with Crippen molar-refractivity contribution in [1.82, 2.24) is 0 Å². The Morgan fingerprint density at radius 2 is 1.94 bits per heavy atom. The predicted octanol–water partition coefficient (Wildman–Crippen LogP) is 3.72. The lowest BCUT2D eigenvalue weighted by Gasteiger charge is -2.17. The molecule has 3 heteroatoms. The van der Waals surface area contributed by atoms with Gasteiger partial charge in [0.2, 0.25) is 5.91 Å². The van der Waals surface area contributed by atoms with Gasteiger partial charge in [-0.1, -0.05) is 38.7 Å². The summed E-state index contributed by atoms with van der Waals surface area (Å²) in [5.41, 5.74) is 0.744. The molecule has 1 N–H and O–H groups in total. The maximum absolute atomic E-state index is 11.9. The van der Waals surface area contributed by atoms with Crippen molar-refractivity contribution in [3.05, 3.63) is 24.3 Å². The summed E-state index contributed by atoms with van der Waals surface area (Å²) in [7, 11) is 1.75. The molecule has 0 saturated heterocycles. The maximum atomic E-state index is 11.9. The second kappa shape index (κ2) is 7.75. The van der Waals surface area contributed by atoms with Gasteiger partial charge in [0.05, 0.1) is 0 Å². The number of phenolic OH excluding ortho intramolecular Hbond substituents is 1. The lowest BCUT2D eigenvalue weighted by molar-refractivity contribution is -0.118. The largest absolute Gasteiger partial charge is 0.508 e. The smallest absolute Gasteiger partial charge is 0.226 e. The molecule has 3 nitrogen and oxygen atoms in total. The van der Waals surface area contributed by atoms with Gasteiger partial charge in [0.1, 0.15) is 5.75 Å². The van der Waals surface area contributed by atoms with Crippen LogP contribution in [0, 0.1) is 0 Å². The Labute approximate surface area is 109 Å². The van der Waals surface area contributed by atoms with Crippen LogP contribution in [0.15, 0.2) is 24.3 Å². The fourth-order valence-electron chi connectivity index (χ4n) is 1.89. The van der Waals surface area contributed by atoms with Crippen LogP contribution in [0.3, 0.4) is 0 Å². The summed E-state index contributed by atoms with van der Waals surface area (Å²) in [6.07, 6.45) is 6.32. The lowest BCUT2D eigenvalue weighted by atomic mass is 10.1. The van der Waals surface area contributed by atoms with E-state index in [0.717, 1.165) is 18.5 Å². The van der Waals surface area contributed by atoms with Gasteiger partial charge < -0.3 is 10.0 Å². The van der Waals surface area contributed by atoms with Crippen LogP contribution in [0.25, 0.3) is 0 Å². The van der Waals surface area contributed by atoms with Crippen molar-refractivity contribution >= 4 is 11.6 Å². The molecule has 1 amide bonds. The Bertz CT molecular complexity index is 377. The number of hydrogen-bond donors (Lipinski definition) is 1. The third-order valence-corrected chi connectivity index (χ3v) is 3.09. The SMILES string of the molecule is CCCCCCCC(=O)N(C)c1cccc(O)c1. The molecule has 0 bridgehead atoms. The number of rotatable bonds is 7. The monoisotopic (exact) mass is 249 g/mol. The summed E-state index contributed by atoms with van der Waals surface area (Å²) in [4.78, 5) is 13.5. The summed E-state index contributed by atoms with van der Waals surface area (Å²) in [5, 5.41) is 9.38. The van der Waals surface area contributed by atoms with Gasteiger partial charge >= 0.3 is 0 Å². The van der Waals surface area contributed by atoms with Gasteiger partial charge in [0.25, 0.3) is 0 Å². The molecule has 0 heterocycles. The highest BCUT2D eigenvalue weighted by atomic mass is 16.3. The molecule has 0 fully saturated rings. The zero-order valence-corrected chi connectivity index (χ0v) is 11.4. The Morgan fingerprint density at radius 3 is 2.61 bits per heavy atom. The predicted molar refractivity (Wildman–Crippen MR) is 74.9 cm³/mol. The number of carbonyl (C=O) groups excluding carboxylic acids is 1. The lowest BCUT2D eigenvalue weighted by Crippen LogP contribution is -2.25. The van der Waals surface area contributed by atoms with Crippen molar-refractivity contribution in [3.63, 3.8) is 0 Å². The van der Waals surface area contributed by atoms with Crippen LogP contribution >= 0.6 is 0 Å². The van der Waals surface area contributed by atoms with E-state index < -0.39 is 0 Å². The van der Waals surface area contributed by atoms with Crippen molar-refractivity contribution in [1.29, 1.82) is 0 Å². The molecule has 0 aliphatic rings. The first-order valence-corrected chi connectivity index (χ1v) is 6.70. The molecule has 0 spiro atoms. The first-order chi connectivity index (χ1) is 8.65. The fourth-order valence-corrected chi connectivity index (χ4v) is 1.89. The van der Waals surface area contributed by atoms with Gasteiger partial charge in [-0.3, -0.25) is 4.79 Å². The van der Waals surface area contributed by atoms with Crippen LogP contribution in [0.2, 0.25) is 0 Å². The van der Waals surface area contributed by atoms with E-state index in [-0.39, 0.29) is 11.7 Å². The molecule has 0 unspecified atom stereocenters. The summed E-state index contributed by atoms with van der Waals surface area (Å²) in [6.45, 7) is 2.18. The fraction of sp³-hybridized carbons (Fsp3) is 0.533. The minimum atomic E-state index is 0.108. The summed E-state index contributed by atoms with van der Waals surface area (Å²) < 4.78 is 0. The average Bonchev–Trinajstić information content (AvgIpc) is 2.37. The number of nitrogens with zero attached hydrogens (tertiary/aromatic N) is 1. The number of carbonyl (C=O) groups is 1. The minimum absolute atomic E-state index is 0.108. The van der Waals surface area contributed by atoms with Gasteiger partial charge in [-0.15, -0.1) is 0 Å². The van der Waals surface area contributed by atoms with E-state index in [0.29, 0.717) is 6.42 Å². The van der Waals surface area contributed by atoms with Crippen LogP contribution in [-0.4, -0.2) is 18.1 Å². The Morgan fingerprint density at radius 1 is 1.22 bits per heavy atom. The topological polar surface area (TPSA) is 40.5 Å². The molecule has 0 atom stereocenters. The highest BCUT2D eigenvalue weighted by molar-refractivity contribution is 5.92. The molecular formula is C15H23NO2. The third-order valence-electron chi connectivity index (χ3n) is 3.09. The molecule has 0 radical (unpaired) electrons. The van der Waals surface area contributed by atoms with Gasteiger partial charge in [0.15, 0.2) is 0 Å². The second-order valence-electron chi connectivity index (χ2n) is 4.64. The normalized spacial score (nSPS) is 10.3. The van der Waals surface area contributed by atoms with Gasteiger partial charge in [0, 0.05) is 25.2 Å². The number of anilines is 1. The van der Waals surface area contributed by atoms with Crippen LogP contribution in [-0.2, 0) is 4.79 Å². The van der Waals surface area contributed by atoms with E-state index >= 15 is 0 Å². The van der Waals surface area contributed by atoms with Gasteiger partial charge in [-0.05, 0) is 18.6 Å². The standard InChI is InChI=1S/C15H23NO2/c1-3-4-5-6-7-11-15(18)16(2)13-9-8-10-14(17)12-13/h8-10,12,17H,3-7,11H2,1-2H3. The highest BCUT2D eigenvalue weighted by Crippen LogP contribution is 2.20. The molecule has 0 aliphatic carbocycles. The Hall–Kier alpha value is -1.51. The zero-order valence-electron chi connectivity index (χ0n) is 11.4. The summed E-state index contributed by atoms with van der Waals surface area (Å²) in [5.74, 6) is 0.298.